The molecule has 4 rings (SSSR count). The van der Waals surface area contributed by atoms with Gasteiger partial charge in [-0.1, -0.05) is 17.4 Å². The highest BCUT2D eigenvalue weighted by Gasteiger charge is 2.10. The van der Waals surface area contributed by atoms with Crippen molar-refractivity contribution in [2.75, 3.05) is 11.1 Å². The number of hydrogen-bond acceptors (Lipinski definition) is 7. The van der Waals surface area contributed by atoms with Crippen molar-refractivity contribution in [2.24, 2.45) is 4.99 Å². The Balaban J connectivity index is 1.58. The Morgan fingerprint density at radius 2 is 2.09 bits per heavy atom. The van der Waals surface area contributed by atoms with Crippen LogP contribution in [0.2, 0.25) is 0 Å². The van der Waals surface area contributed by atoms with E-state index in [4.69, 9.17) is 5.73 Å². The average molecular weight is 308 g/mol. The number of pyridine rings is 1. The summed E-state index contributed by atoms with van der Waals surface area (Å²) in [6, 6.07) is 8.00. The third-order valence-corrected chi connectivity index (χ3v) is 4.21. The lowest BCUT2D eigenvalue weighted by Crippen LogP contribution is -1.92. The summed E-state index contributed by atoms with van der Waals surface area (Å²) in [5, 5.41) is 13.1. The van der Waals surface area contributed by atoms with Crippen molar-refractivity contribution in [3.63, 3.8) is 0 Å². The summed E-state index contributed by atoms with van der Waals surface area (Å²) < 4.78 is 0. The fraction of sp³-hybridized carbons (Fsp3) is 0.0667. The van der Waals surface area contributed by atoms with Crippen LogP contribution < -0.4 is 11.1 Å². The molecular formula is C15H12N6S. The smallest absolute Gasteiger partial charge is 0.210 e. The maximum atomic E-state index is 5.74. The molecule has 0 fully saturated rings. The van der Waals surface area contributed by atoms with Crippen molar-refractivity contribution in [3.05, 3.63) is 47.8 Å². The lowest BCUT2D eigenvalue weighted by atomic mass is 10.1. The largest absolute Gasteiger partial charge is 0.397 e. The number of rotatable bonds is 3. The molecule has 0 amide bonds. The second-order valence-corrected chi connectivity index (χ2v) is 5.91. The number of fused-ring (bicyclic) bond motifs is 1. The zero-order valence-corrected chi connectivity index (χ0v) is 12.3. The maximum absolute atomic E-state index is 5.74. The minimum atomic E-state index is 0.611. The van der Waals surface area contributed by atoms with Crippen LogP contribution in [0.5, 0.6) is 0 Å². The van der Waals surface area contributed by atoms with E-state index < -0.39 is 0 Å². The first kappa shape index (κ1) is 12.9. The quantitative estimate of drug-likeness (QED) is 0.776. The van der Waals surface area contributed by atoms with Gasteiger partial charge in [-0.2, -0.15) is 0 Å². The van der Waals surface area contributed by atoms with Crippen LogP contribution in [0.25, 0.3) is 10.6 Å². The van der Waals surface area contributed by atoms with Gasteiger partial charge in [0.1, 0.15) is 0 Å². The molecule has 3 aromatic rings. The van der Waals surface area contributed by atoms with Gasteiger partial charge in [-0.3, -0.25) is 9.98 Å². The molecule has 1 aliphatic rings. The molecule has 0 atom stereocenters. The third-order valence-electron chi connectivity index (χ3n) is 3.32. The second-order valence-electron chi connectivity index (χ2n) is 4.93. The molecule has 0 saturated heterocycles. The Labute approximate surface area is 130 Å². The number of nitrogen functional groups attached to an aromatic ring is 1. The molecule has 1 aromatic carbocycles. The molecule has 1 aliphatic heterocycles. The molecule has 0 unspecified atom stereocenters. The van der Waals surface area contributed by atoms with E-state index in [1.54, 1.807) is 12.4 Å². The zero-order valence-electron chi connectivity index (χ0n) is 11.5. The SMILES string of the molecule is Nc1cncc(-c2nnc(Nc3ccc4c(c3)C=NC4)s2)c1. The lowest BCUT2D eigenvalue weighted by Gasteiger charge is -2.03. The minimum absolute atomic E-state index is 0.611. The summed E-state index contributed by atoms with van der Waals surface area (Å²) in [5.41, 5.74) is 10.6. The topological polar surface area (TPSA) is 89.1 Å². The molecule has 108 valence electrons. The lowest BCUT2D eigenvalue weighted by molar-refractivity contribution is 1.09. The number of aliphatic imine (C=N–C) groups is 1. The number of nitrogens with one attached hydrogen (secondary N) is 1. The first-order valence-electron chi connectivity index (χ1n) is 6.72. The number of anilines is 3. The molecule has 0 saturated carbocycles. The van der Waals surface area contributed by atoms with Crippen molar-refractivity contribution in [3.8, 4) is 10.6 Å². The van der Waals surface area contributed by atoms with E-state index in [0.717, 1.165) is 33.5 Å². The summed E-state index contributed by atoms with van der Waals surface area (Å²) in [4.78, 5) is 8.33. The van der Waals surface area contributed by atoms with Crippen LogP contribution in [0.4, 0.5) is 16.5 Å². The number of nitrogens with zero attached hydrogens (tertiary/aromatic N) is 4. The van der Waals surface area contributed by atoms with Gasteiger partial charge in [0.15, 0.2) is 5.01 Å². The molecule has 0 spiro atoms. The Morgan fingerprint density at radius 3 is 3.00 bits per heavy atom. The van der Waals surface area contributed by atoms with Crippen LogP contribution in [0.3, 0.4) is 0 Å². The summed E-state index contributed by atoms with van der Waals surface area (Å²) in [6.07, 6.45) is 5.23. The summed E-state index contributed by atoms with van der Waals surface area (Å²) in [5.74, 6) is 0. The number of nitrogens with two attached hydrogens (primary N) is 1. The Kier molecular flexibility index (Phi) is 3.05. The van der Waals surface area contributed by atoms with E-state index in [1.807, 2.05) is 18.3 Å². The summed E-state index contributed by atoms with van der Waals surface area (Å²) in [6.45, 7) is 0.765. The second kappa shape index (κ2) is 5.19. The zero-order chi connectivity index (χ0) is 14.9. The van der Waals surface area contributed by atoms with E-state index in [-0.39, 0.29) is 0 Å². The molecule has 0 radical (unpaired) electrons. The molecule has 6 nitrogen and oxygen atoms in total. The van der Waals surface area contributed by atoms with Gasteiger partial charge < -0.3 is 11.1 Å². The Morgan fingerprint density at radius 1 is 1.14 bits per heavy atom. The fourth-order valence-electron chi connectivity index (χ4n) is 2.27. The van der Waals surface area contributed by atoms with Crippen LogP contribution in [-0.4, -0.2) is 21.4 Å². The van der Waals surface area contributed by atoms with E-state index in [9.17, 15) is 0 Å². The molecule has 0 aliphatic carbocycles. The Bertz CT molecular complexity index is 870. The number of hydrogen-bond donors (Lipinski definition) is 2. The summed E-state index contributed by atoms with van der Waals surface area (Å²) in [7, 11) is 0. The van der Waals surface area contributed by atoms with Gasteiger partial charge in [-0.05, 0) is 29.3 Å². The summed E-state index contributed by atoms with van der Waals surface area (Å²) >= 11 is 1.46. The predicted molar refractivity (Wildman–Crippen MR) is 88.6 cm³/mol. The van der Waals surface area contributed by atoms with Gasteiger partial charge in [0.2, 0.25) is 5.13 Å². The van der Waals surface area contributed by atoms with Gasteiger partial charge in [0.05, 0.1) is 12.2 Å². The molecule has 2 aromatic heterocycles. The molecule has 3 N–H and O–H groups in total. The van der Waals surface area contributed by atoms with E-state index in [1.165, 1.54) is 16.9 Å². The van der Waals surface area contributed by atoms with Crippen LogP contribution in [0, 0.1) is 0 Å². The normalized spacial score (nSPS) is 12.4. The monoisotopic (exact) mass is 308 g/mol. The number of benzene rings is 1. The highest BCUT2D eigenvalue weighted by atomic mass is 32.1. The van der Waals surface area contributed by atoms with Crippen molar-refractivity contribution in [1.82, 2.24) is 15.2 Å². The van der Waals surface area contributed by atoms with Crippen LogP contribution in [0.15, 0.2) is 41.7 Å². The van der Waals surface area contributed by atoms with Gasteiger partial charge in [-0.25, -0.2) is 0 Å². The van der Waals surface area contributed by atoms with Gasteiger partial charge in [0.25, 0.3) is 0 Å². The molecule has 22 heavy (non-hydrogen) atoms. The maximum Gasteiger partial charge on any atom is 0.210 e. The minimum Gasteiger partial charge on any atom is -0.397 e. The van der Waals surface area contributed by atoms with E-state index in [0.29, 0.717) is 5.69 Å². The molecule has 0 bridgehead atoms. The molecular weight excluding hydrogens is 296 g/mol. The van der Waals surface area contributed by atoms with Crippen LogP contribution >= 0.6 is 11.3 Å². The first-order valence-corrected chi connectivity index (χ1v) is 7.54. The standard InChI is InChI=1S/C15H12N6S/c16-12-3-11(7-18-8-12)14-20-21-15(22-14)19-13-2-1-9-5-17-6-10(9)4-13/h1-4,6-8H,5,16H2,(H,19,21). The van der Waals surface area contributed by atoms with Crippen LogP contribution in [0.1, 0.15) is 11.1 Å². The van der Waals surface area contributed by atoms with Crippen molar-refractivity contribution >= 4 is 34.1 Å². The van der Waals surface area contributed by atoms with Gasteiger partial charge in [-0.15, -0.1) is 10.2 Å². The van der Waals surface area contributed by atoms with Gasteiger partial charge in [0, 0.05) is 29.9 Å². The first-order chi connectivity index (χ1) is 10.8. The van der Waals surface area contributed by atoms with Crippen molar-refractivity contribution in [2.45, 2.75) is 6.54 Å². The average Bonchev–Trinajstić information content (AvgIpc) is 3.16. The van der Waals surface area contributed by atoms with E-state index in [2.05, 4.69) is 37.6 Å². The van der Waals surface area contributed by atoms with Crippen molar-refractivity contribution < 1.29 is 0 Å². The molecule has 3 heterocycles. The highest BCUT2D eigenvalue weighted by molar-refractivity contribution is 7.18. The Hall–Kier alpha value is -2.80. The van der Waals surface area contributed by atoms with Crippen LogP contribution in [-0.2, 0) is 6.54 Å². The highest BCUT2D eigenvalue weighted by Crippen LogP contribution is 2.29. The fourth-order valence-corrected chi connectivity index (χ4v) is 3.01. The van der Waals surface area contributed by atoms with Gasteiger partial charge >= 0.3 is 0 Å². The van der Waals surface area contributed by atoms with Crippen molar-refractivity contribution in [1.29, 1.82) is 0 Å². The van der Waals surface area contributed by atoms with E-state index >= 15 is 0 Å². The number of aromatic nitrogens is 3. The third kappa shape index (κ3) is 2.42. The molecule has 7 heteroatoms. The predicted octanol–water partition coefficient (Wildman–Crippen LogP) is 2.86.